The molecule has 7 nitrogen and oxygen atoms in total. The Kier molecular flexibility index (Phi) is 3.95. The lowest BCUT2D eigenvalue weighted by atomic mass is 10.2. The first kappa shape index (κ1) is 14.0. The van der Waals surface area contributed by atoms with E-state index < -0.39 is 23.7 Å². The maximum Gasteiger partial charge on any atom is 0.408 e. The SMILES string of the molecule is Cn1cncc1C(NC(=O)OC(C)(C)C)C(=O)O. The summed E-state index contributed by atoms with van der Waals surface area (Å²) in [5, 5.41) is 11.4. The normalized spacial score (nSPS) is 12.9. The molecule has 2 N–H and O–H groups in total. The van der Waals surface area contributed by atoms with Crippen molar-refractivity contribution in [3.05, 3.63) is 18.2 Å². The molecule has 0 spiro atoms. The number of alkyl carbamates (subject to hydrolysis) is 1. The lowest BCUT2D eigenvalue weighted by Gasteiger charge is -2.22. The van der Waals surface area contributed by atoms with E-state index in [1.807, 2.05) is 0 Å². The van der Waals surface area contributed by atoms with Crippen LogP contribution in [0.25, 0.3) is 0 Å². The van der Waals surface area contributed by atoms with Crippen LogP contribution in [0.15, 0.2) is 12.5 Å². The number of aromatic nitrogens is 2. The highest BCUT2D eigenvalue weighted by Crippen LogP contribution is 2.14. The second-order valence-corrected chi connectivity index (χ2v) is 4.85. The third-order valence-electron chi connectivity index (χ3n) is 2.06. The average Bonchev–Trinajstić information content (AvgIpc) is 2.57. The summed E-state index contributed by atoms with van der Waals surface area (Å²) in [6.45, 7) is 5.10. The number of imidazole rings is 1. The van der Waals surface area contributed by atoms with Gasteiger partial charge in [-0.05, 0) is 20.8 Å². The number of amides is 1. The summed E-state index contributed by atoms with van der Waals surface area (Å²) >= 11 is 0. The maximum atomic E-state index is 11.6. The number of nitrogens with zero attached hydrogens (tertiary/aromatic N) is 2. The zero-order valence-corrected chi connectivity index (χ0v) is 10.8. The zero-order chi connectivity index (χ0) is 13.9. The molecule has 1 heterocycles. The van der Waals surface area contributed by atoms with E-state index in [9.17, 15) is 9.59 Å². The van der Waals surface area contributed by atoms with E-state index in [0.717, 1.165) is 0 Å². The van der Waals surface area contributed by atoms with Gasteiger partial charge in [0.15, 0.2) is 6.04 Å². The first-order valence-electron chi connectivity index (χ1n) is 5.39. The van der Waals surface area contributed by atoms with Crippen molar-refractivity contribution >= 4 is 12.1 Å². The van der Waals surface area contributed by atoms with Crippen molar-refractivity contribution in [3.8, 4) is 0 Å². The minimum absolute atomic E-state index is 0.369. The van der Waals surface area contributed by atoms with E-state index in [-0.39, 0.29) is 0 Å². The van der Waals surface area contributed by atoms with Gasteiger partial charge in [-0.3, -0.25) is 0 Å². The van der Waals surface area contributed by atoms with E-state index in [1.165, 1.54) is 17.1 Å². The highest BCUT2D eigenvalue weighted by atomic mass is 16.6. The van der Waals surface area contributed by atoms with Crippen LogP contribution in [0.3, 0.4) is 0 Å². The lowest BCUT2D eigenvalue weighted by molar-refractivity contribution is -0.139. The summed E-state index contributed by atoms with van der Waals surface area (Å²) in [7, 11) is 1.65. The van der Waals surface area contributed by atoms with Gasteiger partial charge in [0.1, 0.15) is 5.60 Å². The Bertz CT molecular complexity index is 447. The van der Waals surface area contributed by atoms with Gasteiger partial charge in [0, 0.05) is 7.05 Å². The minimum Gasteiger partial charge on any atom is -0.479 e. The molecule has 0 aliphatic carbocycles. The number of rotatable bonds is 3. The number of hydrogen-bond donors (Lipinski definition) is 2. The number of carbonyl (C=O) groups is 2. The fraction of sp³-hybridized carbons (Fsp3) is 0.545. The highest BCUT2D eigenvalue weighted by Gasteiger charge is 2.27. The van der Waals surface area contributed by atoms with E-state index >= 15 is 0 Å². The van der Waals surface area contributed by atoms with E-state index in [1.54, 1.807) is 27.8 Å². The Balaban J connectivity index is 2.80. The van der Waals surface area contributed by atoms with Crippen LogP contribution < -0.4 is 5.32 Å². The molecule has 0 aromatic carbocycles. The Morgan fingerprint density at radius 2 is 2.11 bits per heavy atom. The molecule has 0 saturated carbocycles. The van der Waals surface area contributed by atoms with Crippen molar-refractivity contribution < 1.29 is 19.4 Å². The number of carboxylic acids is 1. The molecular formula is C11H17N3O4. The molecule has 1 atom stereocenters. The molecule has 18 heavy (non-hydrogen) atoms. The molecule has 100 valence electrons. The van der Waals surface area contributed by atoms with E-state index in [2.05, 4.69) is 10.3 Å². The first-order valence-corrected chi connectivity index (χ1v) is 5.39. The van der Waals surface area contributed by atoms with Gasteiger partial charge in [-0.25, -0.2) is 14.6 Å². The molecule has 0 radical (unpaired) electrons. The molecule has 1 aromatic rings. The molecule has 1 unspecified atom stereocenters. The fourth-order valence-electron chi connectivity index (χ4n) is 1.33. The van der Waals surface area contributed by atoms with Gasteiger partial charge in [-0.15, -0.1) is 0 Å². The predicted molar refractivity (Wildman–Crippen MR) is 63.0 cm³/mol. The Morgan fingerprint density at radius 3 is 2.50 bits per heavy atom. The molecule has 1 amide bonds. The van der Waals surface area contributed by atoms with Crippen LogP contribution in [-0.2, 0) is 16.6 Å². The molecule has 1 aromatic heterocycles. The van der Waals surface area contributed by atoms with Crippen LogP contribution >= 0.6 is 0 Å². The monoisotopic (exact) mass is 255 g/mol. The van der Waals surface area contributed by atoms with E-state index in [4.69, 9.17) is 9.84 Å². The summed E-state index contributed by atoms with van der Waals surface area (Å²) < 4.78 is 6.54. The van der Waals surface area contributed by atoms with Gasteiger partial charge in [0.2, 0.25) is 0 Å². The van der Waals surface area contributed by atoms with Gasteiger partial charge in [0.25, 0.3) is 0 Å². The van der Waals surface area contributed by atoms with Crippen molar-refractivity contribution in [3.63, 3.8) is 0 Å². The van der Waals surface area contributed by atoms with Crippen LogP contribution in [-0.4, -0.2) is 32.3 Å². The van der Waals surface area contributed by atoms with Gasteiger partial charge in [-0.1, -0.05) is 0 Å². The second kappa shape index (κ2) is 5.07. The van der Waals surface area contributed by atoms with Crippen LogP contribution in [0.5, 0.6) is 0 Å². The molecule has 1 rings (SSSR count). The maximum absolute atomic E-state index is 11.6. The third kappa shape index (κ3) is 3.76. The molecule has 0 aliphatic heterocycles. The van der Waals surface area contributed by atoms with Crippen molar-refractivity contribution in [2.75, 3.05) is 0 Å². The van der Waals surface area contributed by atoms with Crippen molar-refractivity contribution in [1.29, 1.82) is 0 Å². The second-order valence-electron chi connectivity index (χ2n) is 4.85. The Morgan fingerprint density at radius 1 is 1.50 bits per heavy atom. The molecule has 0 aliphatic rings. The number of aliphatic carboxylic acids is 1. The Labute approximate surface area is 105 Å². The highest BCUT2D eigenvalue weighted by molar-refractivity contribution is 5.81. The van der Waals surface area contributed by atoms with Gasteiger partial charge in [0.05, 0.1) is 18.2 Å². The number of carboxylic acid groups (broad SMARTS) is 1. The van der Waals surface area contributed by atoms with Crippen LogP contribution in [0.1, 0.15) is 32.5 Å². The van der Waals surface area contributed by atoms with Crippen molar-refractivity contribution in [2.24, 2.45) is 7.05 Å². The summed E-state index contributed by atoms with van der Waals surface area (Å²) in [5.41, 5.74) is -0.312. The number of aryl methyl sites for hydroxylation is 1. The van der Waals surface area contributed by atoms with Crippen LogP contribution in [0.2, 0.25) is 0 Å². The topological polar surface area (TPSA) is 93.5 Å². The summed E-state index contributed by atoms with van der Waals surface area (Å²) in [4.78, 5) is 26.5. The average molecular weight is 255 g/mol. The van der Waals surface area contributed by atoms with Crippen LogP contribution in [0.4, 0.5) is 4.79 Å². The molecule has 0 bridgehead atoms. The van der Waals surface area contributed by atoms with Gasteiger partial charge < -0.3 is 19.7 Å². The summed E-state index contributed by atoms with van der Waals surface area (Å²) in [5.74, 6) is -1.18. The zero-order valence-electron chi connectivity index (χ0n) is 10.8. The number of hydrogen-bond acceptors (Lipinski definition) is 4. The summed E-state index contributed by atoms with van der Waals surface area (Å²) in [6, 6.07) is -1.19. The van der Waals surface area contributed by atoms with E-state index in [0.29, 0.717) is 5.69 Å². The minimum atomic E-state index is -1.19. The molecule has 0 saturated heterocycles. The summed E-state index contributed by atoms with van der Waals surface area (Å²) in [6.07, 6.45) is 2.06. The molecular weight excluding hydrogens is 238 g/mol. The smallest absolute Gasteiger partial charge is 0.408 e. The van der Waals surface area contributed by atoms with Crippen molar-refractivity contribution in [1.82, 2.24) is 14.9 Å². The van der Waals surface area contributed by atoms with Gasteiger partial charge >= 0.3 is 12.1 Å². The van der Waals surface area contributed by atoms with Crippen LogP contribution in [0, 0.1) is 0 Å². The third-order valence-corrected chi connectivity index (χ3v) is 2.06. The number of ether oxygens (including phenoxy) is 1. The number of carbonyl (C=O) groups excluding carboxylic acids is 1. The van der Waals surface area contributed by atoms with Crippen molar-refractivity contribution in [2.45, 2.75) is 32.4 Å². The quantitative estimate of drug-likeness (QED) is 0.842. The first-order chi connectivity index (χ1) is 8.20. The molecule has 7 heteroatoms. The lowest BCUT2D eigenvalue weighted by Crippen LogP contribution is -2.38. The largest absolute Gasteiger partial charge is 0.479 e. The molecule has 0 fully saturated rings. The Hall–Kier alpha value is -2.05. The standard InChI is InChI=1S/C11H17N3O4/c1-11(2,3)18-10(17)13-8(9(15)16)7-5-12-6-14(7)4/h5-6,8H,1-4H3,(H,13,17)(H,15,16). The fourth-order valence-corrected chi connectivity index (χ4v) is 1.33. The predicted octanol–water partition coefficient (Wildman–Crippen LogP) is 1.07. The van der Waals surface area contributed by atoms with Gasteiger partial charge in [-0.2, -0.15) is 0 Å². The number of nitrogens with one attached hydrogen (secondary N) is 1.